The molecule has 1 aliphatic rings. The van der Waals surface area contributed by atoms with Crippen LogP contribution in [0.1, 0.15) is 25.8 Å². The van der Waals surface area contributed by atoms with Crippen LogP contribution < -0.4 is 16.3 Å². The third kappa shape index (κ3) is 3.83. The smallest absolute Gasteiger partial charge is 0.270 e. The second-order valence-electron chi connectivity index (χ2n) is 4.96. The van der Waals surface area contributed by atoms with E-state index in [1.165, 1.54) is 12.1 Å². The van der Waals surface area contributed by atoms with Gasteiger partial charge < -0.3 is 0 Å². The Morgan fingerprint density at radius 3 is 2.86 bits per heavy atom. The predicted molar refractivity (Wildman–Crippen MR) is 77.6 cm³/mol. The molecular formula is C13H17N5O3. The first-order valence-corrected chi connectivity index (χ1v) is 6.57. The molecule has 0 radical (unpaired) electrons. The van der Waals surface area contributed by atoms with Crippen LogP contribution in [0.4, 0.5) is 5.69 Å². The number of hydrazine groups is 1. The van der Waals surface area contributed by atoms with Gasteiger partial charge in [0.15, 0.2) is 0 Å². The number of nitro groups is 1. The van der Waals surface area contributed by atoms with Crippen LogP contribution in [0.2, 0.25) is 0 Å². The number of benzene rings is 1. The number of nitro benzene ring substituents is 1. The fourth-order valence-electron chi connectivity index (χ4n) is 2.01. The zero-order valence-electron chi connectivity index (χ0n) is 11.8. The topological polar surface area (TPSA) is 109 Å². The maximum atomic E-state index is 11.9. The van der Waals surface area contributed by atoms with E-state index in [0.29, 0.717) is 17.7 Å². The Bertz CT molecular complexity index is 587. The second kappa shape index (κ2) is 6.42. The highest BCUT2D eigenvalue weighted by Crippen LogP contribution is 2.13. The normalized spacial score (nSPS) is 22.1. The van der Waals surface area contributed by atoms with Crippen molar-refractivity contribution in [2.75, 3.05) is 0 Å². The summed E-state index contributed by atoms with van der Waals surface area (Å²) in [5.41, 5.74) is 9.39. The van der Waals surface area contributed by atoms with E-state index in [-0.39, 0.29) is 23.7 Å². The molecule has 8 heteroatoms. The van der Waals surface area contributed by atoms with Gasteiger partial charge in [-0.05, 0) is 20.3 Å². The summed E-state index contributed by atoms with van der Waals surface area (Å²) in [5, 5.41) is 14.7. The van der Waals surface area contributed by atoms with Crippen molar-refractivity contribution in [2.45, 2.75) is 32.4 Å². The highest BCUT2D eigenvalue weighted by molar-refractivity contribution is 5.99. The van der Waals surface area contributed by atoms with Crippen LogP contribution in [0.25, 0.3) is 0 Å². The van der Waals surface area contributed by atoms with E-state index >= 15 is 0 Å². The summed E-state index contributed by atoms with van der Waals surface area (Å²) in [6, 6.07) is 6.01. The molecule has 1 heterocycles. The molecule has 0 bridgehead atoms. The Kier molecular flexibility index (Phi) is 4.61. The van der Waals surface area contributed by atoms with E-state index in [9.17, 15) is 14.9 Å². The lowest BCUT2D eigenvalue weighted by atomic mass is 10.1. The van der Waals surface area contributed by atoms with Crippen molar-refractivity contribution < 1.29 is 9.72 Å². The average molecular weight is 291 g/mol. The number of carbonyl (C=O) groups excluding carboxylic acids is 1. The molecule has 112 valence electrons. The monoisotopic (exact) mass is 291 g/mol. The highest BCUT2D eigenvalue weighted by Gasteiger charge is 2.26. The van der Waals surface area contributed by atoms with Crippen LogP contribution in [-0.2, 0) is 4.79 Å². The molecule has 1 fully saturated rings. The van der Waals surface area contributed by atoms with Crippen molar-refractivity contribution in [1.29, 1.82) is 0 Å². The van der Waals surface area contributed by atoms with Gasteiger partial charge in [-0.1, -0.05) is 12.1 Å². The largest absolute Gasteiger partial charge is 0.271 e. The summed E-state index contributed by atoms with van der Waals surface area (Å²) in [7, 11) is 0. The lowest BCUT2D eigenvalue weighted by molar-refractivity contribution is -0.384. The van der Waals surface area contributed by atoms with Crippen molar-refractivity contribution >= 4 is 17.3 Å². The number of non-ortho nitro benzene ring substituents is 1. The van der Waals surface area contributed by atoms with Crippen LogP contribution in [0.5, 0.6) is 0 Å². The average Bonchev–Trinajstić information content (AvgIpc) is 2.91. The molecule has 3 N–H and O–H groups in total. The summed E-state index contributed by atoms with van der Waals surface area (Å²) in [6.07, 6.45) is 0.678. The Morgan fingerprint density at radius 1 is 1.48 bits per heavy atom. The molecule has 0 aromatic heterocycles. The van der Waals surface area contributed by atoms with Crippen molar-refractivity contribution in [3.8, 4) is 0 Å². The SMILES string of the molecule is C/C(=N\NC(=O)C1CC(C)NN1)c1cccc([N+](=O)[O-])c1. The number of nitrogens with zero attached hydrogens (tertiary/aromatic N) is 2. The van der Waals surface area contributed by atoms with Crippen molar-refractivity contribution in [2.24, 2.45) is 5.10 Å². The van der Waals surface area contributed by atoms with Gasteiger partial charge in [-0.3, -0.25) is 20.3 Å². The summed E-state index contributed by atoms with van der Waals surface area (Å²) < 4.78 is 0. The van der Waals surface area contributed by atoms with E-state index in [0.717, 1.165) is 0 Å². The molecule has 1 aromatic carbocycles. The summed E-state index contributed by atoms with van der Waals surface area (Å²) in [6.45, 7) is 3.65. The molecule has 1 aromatic rings. The van der Waals surface area contributed by atoms with Gasteiger partial charge in [0.25, 0.3) is 11.6 Å². The van der Waals surface area contributed by atoms with Gasteiger partial charge in [-0.25, -0.2) is 10.9 Å². The number of rotatable bonds is 4. The standard InChI is InChI=1S/C13H17N5O3/c1-8-6-12(16-14-8)13(19)17-15-9(2)10-4-3-5-11(7-10)18(20)21/h3-5,7-8,12,14,16H,6H2,1-2H3,(H,17,19)/b15-9+. The van der Waals surface area contributed by atoms with Crippen LogP contribution >= 0.6 is 0 Å². The number of hydrogen-bond acceptors (Lipinski definition) is 6. The minimum absolute atomic E-state index is 0.0103. The molecule has 2 atom stereocenters. The lowest BCUT2D eigenvalue weighted by Crippen LogP contribution is -2.41. The molecular weight excluding hydrogens is 274 g/mol. The van der Waals surface area contributed by atoms with Gasteiger partial charge in [0.05, 0.1) is 10.6 Å². The van der Waals surface area contributed by atoms with E-state index in [1.54, 1.807) is 19.1 Å². The maximum Gasteiger partial charge on any atom is 0.270 e. The minimum atomic E-state index is -0.467. The van der Waals surface area contributed by atoms with Gasteiger partial charge in [-0.2, -0.15) is 5.10 Å². The van der Waals surface area contributed by atoms with Gasteiger partial charge in [0.1, 0.15) is 6.04 Å². The number of hydrazone groups is 1. The number of hydrogen-bond donors (Lipinski definition) is 3. The Labute approximate surface area is 121 Å². The van der Waals surface area contributed by atoms with Crippen molar-refractivity contribution in [3.63, 3.8) is 0 Å². The first kappa shape index (κ1) is 15.1. The first-order valence-electron chi connectivity index (χ1n) is 6.57. The van der Waals surface area contributed by atoms with E-state index < -0.39 is 4.92 Å². The zero-order valence-corrected chi connectivity index (χ0v) is 11.8. The summed E-state index contributed by atoms with van der Waals surface area (Å²) >= 11 is 0. The molecule has 2 unspecified atom stereocenters. The van der Waals surface area contributed by atoms with E-state index in [4.69, 9.17) is 0 Å². The first-order chi connectivity index (χ1) is 9.97. The number of amides is 1. The lowest BCUT2D eigenvalue weighted by Gasteiger charge is -2.08. The number of nitrogens with one attached hydrogen (secondary N) is 3. The molecule has 0 saturated carbocycles. The Balaban J connectivity index is 2.02. The summed E-state index contributed by atoms with van der Waals surface area (Å²) in [5.74, 6) is -0.239. The molecule has 0 spiro atoms. The molecule has 0 aliphatic carbocycles. The highest BCUT2D eigenvalue weighted by atomic mass is 16.6. The zero-order chi connectivity index (χ0) is 15.4. The fraction of sp³-hybridized carbons (Fsp3) is 0.385. The maximum absolute atomic E-state index is 11.9. The fourth-order valence-corrected chi connectivity index (χ4v) is 2.01. The molecule has 21 heavy (non-hydrogen) atoms. The van der Waals surface area contributed by atoms with Gasteiger partial charge in [-0.15, -0.1) is 0 Å². The van der Waals surface area contributed by atoms with Crippen LogP contribution in [0, 0.1) is 10.1 Å². The Morgan fingerprint density at radius 2 is 2.24 bits per heavy atom. The number of carbonyl (C=O) groups is 1. The van der Waals surface area contributed by atoms with E-state index in [2.05, 4.69) is 21.4 Å². The third-order valence-electron chi connectivity index (χ3n) is 3.22. The molecule has 1 aliphatic heterocycles. The quantitative estimate of drug-likeness (QED) is 0.429. The molecule has 1 amide bonds. The second-order valence-corrected chi connectivity index (χ2v) is 4.96. The minimum Gasteiger partial charge on any atom is -0.271 e. The molecule has 2 rings (SSSR count). The van der Waals surface area contributed by atoms with Gasteiger partial charge in [0, 0.05) is 23.7 Å². The van der Waals surface area contributed by atoms with Gasteiger partial charge >= 0.3 is 0 Å². The van der Waals surface area contributed by atoms with Crippen molar-refractivity contribution in [3.05, 3.63) is 39.9 Å². The van der Waals surface area contributed by atoms with Crippen LogP contribution in [0.3, 0.4) is 0 Å². The van der Waals surface area contributed by atoms with Crippen LogP contribution in [0.15, 0.2) is 29.4 Å². The Hall–Kier alpha value is -2.32. The molecule has 8 nitrogen and oxygen atoms in total. The summed E-state index contributed by atoms with van der Waals surface area (Å²) in [4.78, 5) is 22.1. The third-order valence-corrected chi connectivity index (χ3v) is 3.22. The van der Waals surface area contributed by atoms with Crippen molar-refractivity contribution in [1.82, 2.24) is 16.3 Å². The van der Waals surface area contributed by atoms with E-state index in [1.807, 2.05) is 6.92 Å². The predicted octanol–water partition coefficient (Wildman–Crippen LogP) is 0.690. The molecule has 1 saturated heterocycles. The van der Waals surface area contributed by atoms with Gasteiger partial charge in [0.2, 0.25) is 0 Å². The van der Waals surface area contributed by atoms with Crippen LogP contribution in [-0.4, -0.2) is 28.6 Å².